The number of nitrogens with two attached hydrogens (primary N) is 1. The van der Waals surface area contributed by atoms with Crippen molar-refractivity contribution in [3.05, 3.63) is 52.7 Å². The van der Waals surface area contributed by atoms with Crippen molar-refractivity contribution in [1.82, 2.24) is 10.3 Å². The Morgan fingerprint density at radius 3 is 2.70 bits per heavy atom. The van der Waals surface area contributed by atoms with Crippen LogP contribution in [0.5, 0.6) is 0 Å². The number of benzene rings is 1. The molecule has 0 bridgehead atoms. The van der Waals surface area contributed by atoms with E-state index in [-0.39, 0.29) is 0 Å². The number of nitrogens with zero attached hydrogens (tertiary/aromatic N) is 1. The summed E-state index contributed by atoms with van der Waals surface area (Å²) in [6.07, 6.45) is 1.79. The molecule has 0 unspecified atom stereocenters. The maximum atomic E-state index is 11.1. The normalized spacial score (nSPS) is 10.7. The Labute approximate surface area is 140 Å². The van der Waals surface area contributed by atoms with Crippen LogP contribution in [-0.4, -0.2) is 30.6 Å². The number of carbonyl (C=O) groups excluding carboxylic acids is 1. The highest BCUT2D eigenvalue weighted by molar-refractivity contribution is 6.33. The number of hydrogen-bond donors (Lipinski definition) is 2. The summed E-state index contributed by atoms with van der Waals surface area (Å²) in [6.45, 7) is 4.83. The lowest BCUT2D eigenvalue weighted by Gasteiger charge is -2.08. The van der Waals surface area contributed by atoms with E-state index in [1.54, 1.807) is 30.5 Å². The molecule has 2 aromatic rings. The first-order valence-corrected chi connectivity index (χ1v) is 7.82. The highest BCUT2D eigenvalue weighted by atomic mass is 35.5. The van der Waals surface area contributed by atoms with E-state index in [9.17, 15) is 4.79 Å². The maximum Gasteiger partial charge on any atom is 0.248 e. The van der Waals surface area contributed by atoms with E-state index in [2.05, 4.69) is 10.3 Å². The van der Waals surface area contributed by atoms with Crippen LogP contribution >= 0.6 is 11.6 Å². The lowest BCUT2D eigenvalue weighted by Crippen LogP contribution is -2.19. The Morgan fingerprint density at radius 2 is 2.09 bits per heavy atom. The number of pyridine rings is 1. The number of hydrogen-bond acceptors (Lipinski definition) is 4. The molecule has 1 aromatic heterocycles. The van der Waals surface area contributed by atoms with E-state index in [1.165, 1.54) is 0 Å². The highest BCUT2D eigenvalue weighted by Gasteiger charge is 2.08. The van der Waals surface area contributed by atoms with Crippen molar-refractivity contribution < 1.29 is 9.53 Å². The van der Waals surface area contributed by atoms with Gasteiger partial charge in [-0.05, 0) is 30.7 Å². The van der Waals surface area contributed by atoms with Gasteiger partial charge in [-0.25, -0.2) is 0 Å². The summed E-state index contributed by atoms with van der Waals surface area (Å²) in [7, 11) is 0. The fourth-order valence-electron chi connectivity index (χ4n) is 2.10. The lowest BCUT2D eigenvalue weighted by molar-refractivity contribution is 0.100. The Morgan fingerprint density at radius 1 is 1.35 bits per heavy atom. The molecule has 122 valence electrons. The molecule has 6 heteroatoms. The molecule has 3 N–H and O–H groups in total. The number of primary amides is 1. The van der Waals surface area contributed by atoms with Crippen molar-refractivity contribution >= 4 is 17.5 Å². The molecule has 0 aliphatic rings. The predicted molar refractivity (Wildman–Crippen MR) is 91.4 cm³/mol. The number of halogens is 1. The summed E-state index contributed by atoms with van der Waals surface area (Å²) >= 11 is 6.32. The van der Waals surface area contributed by atoms with E-state index >= 15 is 0 Å². The van der Waals surface area contributed by atoms with Crippen LogP contribution in [0.4, 0.5) is 0 Å². The fourth-order valence-corrected chi connectivity index (χ4v) is 2.40. The summed E-state index contributed by atoms with van der Waals surface area (Å²) in [6, 6.07) is 8.79. The number of rotatable bonds is 8. The van der Waals surface area contributed by atoms with Gasteiger partial charge < -0.3 is 15.8 Å². The Kier molecular flexibility index (Phi) is 6.52. The molecule has 0 aliphatic carbocycles. The minimum Gasteiger partial charge on any atom is -0.380 e. The van der Waals surface area contributed by atoms with Crippen LogP contribution in [-0.2, 0) is 11.3 Å². The molecule has 0 fully saturated rings. The number of ether oxygens (including phenoxy) is 1. The van der Waals surface area contributed by atoms with Gasteiger partial charge in [0.05, 0.1) is 17.3 Å². The first kappa shape index (κ1) is 17.4. The molecule has 23 heavy (non-hydrogen) atoms. The zero-order valence-corrected chi connectivity index (χ0v) is 13.8. The van der Waals surface area contributed by atoms with Crippen LogP contribution in [0.2, 0.25) is 5.02 Å². The van der Waals surface area contributed by atoms with Gasteiger partial charge >= 0.3 is 0 Å². The largest absolute Gasteiger partial charge is 0.380 e. The summed E-state index contributed by atoms with van der Waals surface area (Å²) in [4.78, 5) is 15.5. The predicted octanol–water partition coefficient (Wildman–Crippen LogP) is 2.63. The van der Waals surface area contributed by atoms with Crippen molar-refractivity contribution in [3.8, 4) is 11.3 Å². The van der Waals surface area contributed by atoms with Gasteiger partial charge in [0, 0.05) is 37.0 Å². The molecule has 1 heterocycles. The smallest absolute Gasteiger partial charge is 0.248 e. The summed E-state index contributed by atoms with van der Waals surface area (Å²) < 4.78 is 5.26. The van der Waals surface area contributed by atoms with Crippen LogP contribution in [0.3, 0.4) is 0 Å². The average molecular weight is 334 g/mol. The number of amides is 1. The first-order valence-electron chi connectivity index (χ1n) is 7.45. The van der Waals surface area contributed by atoms with Crippen molar-refractivity contribution in [1.29, 1.82) is 0 Å². The Bertz CT molecular complexity index is 659. The zero-order valence-electron chi connectivity index (χ0n) is 13.0. The van der Waals surface area contributed by atoms with Gasteiger partial charge in [-0.3, -0.25) is 9.78 Å². The average Bonchev–Trinajstić information content (AvgIpc) is 2.55. The second-order valence-electron chi connectivity index (χ2n) is 4.99. The molecule has 0 aliphatic heterocycles. The summed E-state index contributed by atoms with van der Waals surface area (Å²) in [5.41, 5.74) is 8.22. The topological polar surface area (TPSA) is 77.2 Å². The number of carbonyl (C=O) groups is 1. The van der Waals surface area contributed by atoms with E-state index in [1.807, 2.05) is 13.0 Å². The molecule has 0 saturated heterocycles. The van der Waals surface area contributed by atoms with Gasteiger partial charge in [0.1, 0.15) is 0 Å². The molecule has 1 aromatic carbocycles. The third-order valence-corrected chi connectivity index (χ3v) is 3.59. The summed E-state index contributed by atoms with van der Waals surface area (Å²) in [5.74, 6) is -0.455. The monoisotopic (exact) mass is 333 g/mol. The second-order valence-corrected chi connectivity index (χ2v) is 5.40. The van der Waals surface area contributed by atoms with Gasteiger partial charge in [-0.15, -0.1) is 0 Å². The fraction of sp³-hybridized carbons (Fsp3) is 0.294. The molecule has 2 rings (SSSR count). The van der Waals surface area contributed by atoms with Crippen LogP contribution in [0, 0.1) is 0 Å². The minimum atomic E-state index is -0.455. The van der Waals surface area contributed by atoms with Gasteiger partial charge in [-0.2, -0.15) is 0 Å². The summed E-state index contributed by atoms with van der Waals surface area (Å²) in [5, 5.41) is 3.84. The quantitative estimate of drug-likeness (QED) is 0.728. The van der Waals surface area contributed by atoms with Crippen LogP contribution in [0.25, 0.3) is 11.3 Å². The van der Waals surface area contributed by atoms with E-state index in [0.29, 0.717) is 29.4 Å². The molecular weight excluding hydrogens is 314 g/mol. The van der Waals surface area contributed by atoms with Gasteiger partial charge in [0.25, 0.3) is 0 Å². The standard InChI is InChI=1S/C17H20ClN3O2/c1-2-23-8-7-20-10-12-9-15(18)16(21-11-12)13-3-5-14(6-4-13)17(19)22/h3-6,9,11,20H,2,7-8,10H2,1H3,(H2,19,22). The minimum absolute atomic E-state index is 0.455. The maximum absolute atomic E-state index is 11.1. The van der Waals surface area contributed by atoms with Crippen molar-refractivity contribution in [3.63, 3.8) is 0 Å². The molecular formula is C17H20ClN3O2. The van der Waals surface area contributed by atoms with E-state index in [0.717, 1.165) is 24.3 Å². The molecule has 0 spiro atoms. The number of aromatic nitrogens is 1. The van der Waals surface area contributed by atoms with Gasteiger partial charge in [0.2, 0.25) is 5.91 Å². The van der Waals surface area contributed by atoms with E-state index in [4.69, 9.17) is 22.1 Å². The van der Waals surface area contributed by atoms with Crippen molar-refractivity contribution in [2.24, 2.45) is 5.73 Å². The Hall–Kier alpha value is -1.95. The zero-order chi connectivity index (χ0) is 16.7. The third-order valence-electron chi connectivity index (χ3n) is 3.30. The van der Waals surface area contributed by atoms with Crippen LogP contribution in [0.15, 0.2) is 36.5 Å². The van der Waals surface area contributed by atoms with Crippen molar-refractivity contribution in [2.75, 3.05) is 19.8 Å². The van der Waals surface area contributed by atoms with Crippen LogP contribution < -0.4 is 11.1 Å². The lowest BCUT2D eigenvalue weighted by atomic mass is 10.1. The number of nitrogens with one attached hydrogen (secondary N) is 1. The molecule has 1 amide bonds. The highest BCUT2D eigenvalue weighted by Crippen LogP contribution is 2.26. The molecule has 5 nitrogen and oxygen atoms in total. The van der Waals surface area contributed by atoms with Gasteiger partial charge in [-0.1, -0.05) is 23.7 Å². The second kappa shape index (κ2) is 8.62. The van der Waals surface area contributed by atoms with E-state index < -0.39 is 5.91 Å². The third kappa shape index (κ3) is 5.03. The van der Waals surface area contributed by atoms with Crippen LogP contribution in [0.1, 0.15) is 22.8 Å². The molecule has 0 radical (unpaired) electrons. The van der Waals surface area contributed by atoms with Crippen molar-refractivity contribution in [2.45, 2.75) is 13.5 Å². The SMILES string of the molecule is CCOCCNCc1cnc(-c2ccc(C(N)=O)cc2)c(Cl)c1. The first-order chi connectivity index (χ1) is 11.1. The molecule has 0 atom stereocenters. The van der Waals surface area contributed by atoms with Gasteiger partial charge in [0.15, 0.2) is 0 Å². The molecule has 0 saturated carbocycles. The Balaban J connectivity index is 2.02.